The van der Waals surface area contributed by atoms with Gasteiger partial charge in [-0.3, -0.25) is 9.59 Å². The van der Waals surface area contributed by atoms with Crippen LogP contribution >= 0.6 is 0 Å². The minimum absolute atomic E-state index is 0.286. The van der Waals surface area contributed by atoms with E-state index in [0.717, 1.165) is 0 Å². The fourth-order valence-electron chi connectivity index (χ4n) is 2.60. The van der Waals surface area contributed by atoms with Gasteiger partial charge < -0.3 is 16.0 Å². The summed E-state index contributed by atoms with van der Waals surface area (Å²) >= 11 is 0. The number of aromatic nitrogens is 2. The van der Waals surface area contributed by atoms with Gasteiger partial charge in [0.15, 0.2) is 0 Å². The van der Waals surface area contributed by atoms with Crippen molar-refractivity contribution in [3.63, 3.8) is 0 Å². The molecule has 0 saturated carbocycles. The lowest BCUT2D eigenvalue weighted by atomic mass is 10.1. The van der Waals surface area contributed by atoms with Gasteiger partial charge in [0.2, 0.25) is 11.9 Å². The van der Waals surface area contributed by atoms with Crippen molar-refractivity contribution in [1.82, 2.24) is 20.6 Å². The van der Waals surface area contributed by atoms with Crippen molar-refractivity contribution >= 4 is 17.8 Å². The molecule has 2 aromatic carbocycles. The molecule has 28 heavy (non-hydrogen) atoms. The van der Waals surface area contributed by atoms with Gasteiger partial charge in [0.1, 0.15) is 6.04 Å². The third kappa shape index (κ3) is 5.38. The largest absolute Gasteiger partial charge is 0.352 e. The predicted octanol–water partition coefficient (Wildman–Crippen LogP) is 2.18. The molecule has 2 amide bonds. The van der Waals surface area contributed by atoms with Crippen LogP contribution in [0, 0.1) is 0 Å². The van der Waals surface area contributed by atoms with Crippen LogP contribution in [-0.2, 0) is 4.79 Å². The SMILES string of the molecule is O=C(N[C@H](C(=O)NCCNc1ncccn1)c1ccccc1)c1ccccc1. The van der Waals surface area contributed by atoms with Gasteiger partial charge in [-0.15, -0.1) is 0 Å². The van der Waals surface area contributed by atoms with Crippen molar-refractivity contribution in [1.29, 1.82) is 0 Å². The summed E-state index contributed by atoms with van der Waals surface area (Å²) < 4.78 is 0. The maximum Gasteiger partial charge on any atom is 0.252 e. The van der Waals surface area contributed by atoms with Crippen molar-refractivity contribution in [2.45, 2.75) is 6.04 Å². The van der Waals surface area contributed by atoms with E-state index < -0.39 is 6.04 Å². The van der Waals surface area contributed by atoms with Crippen LogP contribution < -0.4 is 16.0 Å². The van der Waals surface area contributed by atoms with Gasteiger partial charge in [-0.1, -0.05) is 48.5 Å². The Balaban J connectivity index is 1.61. The molecule has 0 radical (unpaired) electrons. The second-order valence-corrected chi connectivity index (χ2v) is 5.97. The number of benzene rings is 2. The summed E-state index contributed by atoms with van der Waals surface area (Å²) in [4.78, 5) is 33.4. The second-order valence-electron chi connectivity index (χ2n) is 5.97. The van der Waals surface area contributed by atoms with E-state index >= 15 is 0 Å². The zero-order valence-electron chi connectivity index (χ0n) is 15.2. The van der Waals surface area contributed by atoms with E-state index in [1.54, 1.807) is 42.7 Å². The van der Waals surface area contributed by atoms with Gasteiger partial charge in [-0.25, -0.2) is 9.97 Å². The maximum atomic E-state index is 12.7. The van der Waals surface area contributed by atoms with Crippen LogP contribution in [0.3, 0.4) is 0 Å². The summed E-state index contributed by atoms with van der Waals surface area (Å²) in [5.41, 5.74) is 1.21. The van der Waals surface area contributed by atoms with Crippen LogP contribution in [0.15, 0.2) is 79.1 Å². The molecule has 0 saturated heterocycles. The van der Waals surface area contributed by atoms with Crippen molar-refractivity contribution in [2.75, 3.05) is 18.4 Å². The van der Waals surface area contributed by atoms with E-state index in [1.165, 1.54) is 0 Å². The normalized spacial score (nSPS) is 11.3. The number of hydrogen-bond acceptors (Lipinski definition) is 5. The number of rotatable bonds is 8. The molecule has 7 nitrogen and oxygen atoms in total. The quantitative estimate of drug-likeness (QED) is 0.525. The van der Waals surface area contributed by atoms with E-state index in [0.29, 0.717) is 30.2 Å². The Morgan fingerprint density at radius 3 is 2.14 bits per heavy atom. The van der Waals surface area contributed by atoms with Crippen LogP contribution in [0.25, 0.3) is 0 Å². The van der Waals surface area contributed by atoms with Gasteiger partial charge in [0, 0.05) is 31.0 Å². The summed E-state index contributed by atoms with van der Waals surface area (Å²) in [7, 11) is 0. The summed E-state index contributed by atoms with van der Waals surface area (Å²) in [6.07, 6.45) is 3.27. The molecule has 0 aliphatic carbocycles. The minimum Gasteiger partial charge on any atom is -0.352 e. The van der Waals surface area contributed by atoms with E-state index in [9.17, 15) is 9.59 Å². The monoisotopic (exact) mass is 375 g/mol. The molecule has 0 bridgehead atoms. The Morgan fingerprint density at radius 2 is 1.46 bits per heavy atom. The van der Waals surface area contributed by atoms with Crippen molar-refractivity contribution in [3.05, 3.63) is 90.3 Å². The Kier molecular flexibility index (Phi) is 6.67. The van der Waals surface area contributed by atoms with Gasteiger partial charge >= 0.3 is 0 Å². The Hall–Kier alpha value is -3.74. The van der Waals surface area contributed by atoms with Crippen LogP contribution in [-0.4, -0.2) is 34.9 Å². The average molecular weight is 375 g/mol. The summed E-state index contributed by atoms with van der Waals surface area (Å²) in [5.74, 6) is -0.0968. The van der Waals surface area contributed by atoms with Crippen LogP contribution in [0.2, 0.25) is 0 Å². The molecule has 1 heterocycles. The Labute approximate surface area is 163 Å². The maximum absolute atomic E-state index is 12.7. The first-order valence-corrected chi connectivity index (χ1v) is 8.93. The standard InChI is InChI=1S/C21H21N5O2/c27-19(17-10-5-2-6-11-17)26-18(16-8-3-1-4-9-16)20(28)22-14-15-25-21-23-12-7-13-24-21/h1-13,18H,14-15H2,(H,22,28)(H,26,27)(H,23,24,25)/t18-/m0/s1. The van der Waals surface area contributed by atoms with Crippen LogP contribution in [0.5, 0.6) is 0 Å². The van der Waals surface area contributed by atoms with Crippen molar-refractivity contribution in [3.8, 4) is 0 Å². The molecule has 0 spiro atoms. The zero-order chi connectivity index (χ0) is 19.6. The zero-order valence-corrected chi connectivity index (χ0v) is 15.2. The summed E-state index contributed by atoms with van der Waals surface area (Å²) in [6.45, 7) is 0.825. The lowest BCUT2D eigenvalue weighted by Crippen LogP contribution is -2.41. The van der Waals surface area contributed by atoms with E-state index in [4.69, 9.17) is 0 Å². The number of hydrogen-bond donors (Lipinski definition) is 3. The number of amides is 2. The third-order valence-corrected chi connectivity index (χ3v) is 3.98. The molecular weight excluding hydrogens is 354 g/mol. The molecule has 0 fully saturated rings. The van der Waals surface area contributed by atoms with Gasteiger partial charge in [-0.05, 0) is 23.8 Å². The number of nitrogens with zero attached hydrogens (tertiary/aromatic N) is 2. The molecule has 0 unspecified atom stereocenters. The molecule has 0 aliphatic rings. The first kappa shape index (κ1) is 19.0. The van der Waals surface area contributed by atoms with E-state index in [-0.39, 0.29) is 11.8 Å². The number of anilines is 1. The highest BCUT2D eigenvalue weighted by molar-refractivity contribution is 5.97. The lowest BCUT2D eigenvalue weighted by Gasteiger charge is -2.19. The highest BCUT2D eigenvalue weighted by Gasteiger charge is 2.22. The number of nitrogens with one attached hydrogen (secondary N) is 3. The fourth-order valence-corrected chi connectivity index (χ4v) is 2.60. The molecule has 3 rings (SSSR count). The fraction of sp³-hybridized carbons (Fsp3) is 0.143. The topological polar surface area (TPSA) is 96.0 Å². The highest BCUT2D eigenvalue weighted by Crippen LogP contribution is 2.14. The first-order chi connectivity index (χ1) is 13.7. The molecule has 1 aromatic heterocycles. The molecule has 142 valence electrons. The smallest absolute Gasteiger partial charge is 0.252 e. The summed E-state index contributed by atoms with van der Waals surface area (Å²) in [5, 5.41) is 8.67. The lowest BCUT2D eigenvalue weighted by molar-refractivity contribution is -0.123. The third-order valence-electron chi connectivity index (χ3n) is 3.98. The molecule has 7 heteroatoms. The van der Waals surface area contributed by atoms with Crippen LogP contribution in [0.1, 0.15) is 22.0 Å². The van der Waals surface area contributed by atoms with Crippen molar-refractivity contribution in [2.24, 2.45) is 0 Å². The molecular formula is C21H21N5O2. The molecule has 3 N–H and O–H groups in total. The van der Waals surface area contributed by atoms with E-state index in [2.05, 4.69) is 25.9 Å². The Morgan fingerprint density at radius 1 is 0.821 bits per heavy atom. The minimum atomic E-state index is -0.790. The Bertz CT molecular complexity index is 888. The van der Waals surface area contributed by atoms with Crippen LogP contribution in [0.4, 0.5) is 5.95 Å². The van der Waals surface area contributed by atoms with Gasteiger partial charge in [0.05, 0.1) is 0 Å². The molecule has 0 aliphatic heterocycles. The predicted molar refractivity (Wildman–Crippen MR) is 107 cm³/mol. The number of carbonyl (C=O) groups excluding carboxylic acids is 2. The molecule has 3 aromatic rings. The second kappa shape index (κ2) is 9.82. The van der Waals surface area contributed by atoms with E-state index in [1.807, 2.05) is 36.4 Å². The molecule has 1 atom stereocenters. The highest BCUT2D eigenvalue weighted by atomic mass is 16.2. The van der Waals surface area contributed by atoms with Gasteiger partial charge in [-0.2, -0.15) is 0 Å². The average Bonchev–Trinajstić information content (AvgIpc) is 2.76. The van der Waals surface area contributed by atoms with Gasteiger partial charge in [0.25, 0.3) is 5.91 Å². The number of carbonyl (C=O) groups is 2. The summed E-state index contributed by atoms with van der Waals surface area (Å²) in [6, 6.07) is 18.9. The first-order valence-electron chi connectivity index (χ1n) is 8.93. The van der Waals surface area contributed by atoms with Crippen molar-refractivity contribution < 1.29 is 9.59 Å².